The molecular formula is C30H34ClN3O3. The molecule has 37 heavy (non-hydrogen) atoms. The van der Waals surface area contributed by atoms with Gasteiger partial charge in [-0.05, 0) is 56.4 Å². The van der Waals surface area contributed by atoms with Crippen molar-refractivity contribution in [2.75, 3.05) is 11.4 Å². The summed E-state index contributed by atoms with van der Waals surface area (Å²) in [5.41, 5.74) is 1.73. The van der Waals surface area contributed by atoms with Crippen LogP contribution < -0.4 is 10.5 Å². The highest BCUT2D eigenvalue weighted by Crippen LogP contribution is 2.38. The molecule has 7 heteroatoms. The zero-order chi connectivity index (χ0) is 26.3. The van der Waals surface area contributed by atoms with Crippen LogP contribution in [0.4, 0.5) is 5.69 Å². The number of halogens is 1. The van der Waals surface area contributed by atoms with Gasteiger partial charge in [-0.1, -0.05) is 74.6 Å². The Morgan fingerprint density at radius 1 is 1.11 bits per heavy atom. The third-order valence-electron chi connectivity index (χ3n) is 7.62. The average Bonchev–Trinajstić information content (AvgIpc) is 3.26. The van der Waals surface area contributed by atoms with Crippen LogP contribution >= 0.6 is 11.6 Å². The Labute approximate surface area is 222 Å². The summed E-state index contributed by atoms with van der Waals surface area (Å²) in [4.78, 5) is 29.0. The first-order chi connectivity index (χ1) is 17.7. The van der Waals surface area contributed by atoms with E-state index in [1.807, 2.05) is 78.8 Å². The third-order valence-corrected chi connectivity index (χ3v) is 7.93. The molecule has 4 aromatic rings. The smallest absolute Gasteiger partial charge is 0.264 e. The van der Waals surface area contributed by atoms with Crippen molar-refractivity contribution in [3.63, 3.8) is 0 Å². The quantitative estimate of drug-likeness (QED) is 0.277. The Bertz CT molecular complexity index is 1500. The lowest BCUT2D eigenvalue weighted by Crippen LogP contribution is -2.41. The summed E-state index contributed by atoms with van der Waals surface area (Å²) in [6, 6.07) is 15.6. The Kier molecular flexibility index (Phi) is 6.88. The SMILES string of the molecule is Cc1onc2c1c(=O)n(C1CCCC(CCN(C(=O)C(C)(C)C)c3ccccc3)C1)c1cccc(Cl)c21. The van der Waals surface area contributed by atoms with Gasteiger partial charge in [0, 0.05) is 29.1 Å². The fourth-order valence-electron chi connectivity index (χ4n) is 5.77. The van der Waals surface area contributed by atoms with Gasteiger partial charge in [0.1, 0.15) is 16.7 Å². The van der Waals surface area contributed by atoms with Crippen molar-refractivity contribution in [1.82, 2.24) is 9.72 Å². The Hall–Kier alpha value is -3.12. The molecule has 2 heterocycles. The fourth-order valence-corrected chi connectivity index (χ4v) is 6.03. The molecule has 2 atom stereocenters. The number of nitrogens with zero attached hydrogens (tertiary/aromatic N) is 3. The minimum Gasteiger partial charge on any atom is -0.360 e. The Morgan fingerprint density at radius 3 is 2.59 bits per heavy atom. The van der Waals surface area contributed by atoms with E-state index in [9.17, 15) is 9.59 Å². The van der Waals surface area contributed by atoms with Crippen LogP contribution in [0.15, 0.2) is 57.8 Å². The van der Waals surface area contributed by atoms with Gasteiger partial charge in [0.2, 0.25) is 5.91 Å². The van der Waals surface area contributed by atoms with E-state index in [0.717, 1.165) is 48.7 Å². The monoisotopic (exact) mass is 519 g/mol. The van der Waals surface area contributed by atoms with Crippen molar-refractivity contribution in [1.29, 1.82) is 0 Å². The van der Waals surface area contributed by atoms with Crippen LogP contribution in [0.2, 0.25) is 5.02 Å². The summed E-state index contributed by atoms with van der Waals surface area (Å²) in [5, 5.41) is 6.01. The van der Waals surface area contributed by atoms with Crippen LogP contribution in [0.25, 0.3) is 21.8 Å². The van der Waals surface area contributed by atoms with E-state index < -0.39 is 5.41 Å². The minimum absolute atomic E-state index is 0.0504. The normalized spacial score (nSPS) is 18.4. The van der Waals surface area contributed by atoms with E-state index in [1.54, 1.807) is 6.92 Å². The molecule has 1 amide bonds. The first-order valence-corrected chi connectivity index (χ1v) is 13.5. The summed E-state index contributed by atoms with van der Waals surface area (Å²) in [6.07, 6.45) is 4.81. The number of aryl methyl sites for hydroxylation is 1. The van der Waals surface area contributed by atoms with Gasteiger partial charge < -0.3 is 14.0 Å². The van der Waals surface area contributed by atoms with Gasteiger partial charge in [-0.3, -0.25) is 9.59 Å². The van der Waals surface area contributed by atoms with Crippen molar-refractivity contribution in [3.05, 3.63) is 69.7 Å². The van der Waals surface area contributed by atoms with Crippen LogP contribution in [0.5, 0.6) is 0 Å². The minimum atomic E-state index is -0.470. The van der Waals surface area contributed by atoms with Crippen molar-refractivity contribution < 1.29 is 9.32 Å². The second-order valence-corrected chi connectivity index (χ2v) is 11.7. The van der Waals surface area contributed by atoms with Crippen molar-refractivity contribution in [3.8, 4) is 0 Å². The van der Waals surface area contributed by atoms with E-state index in [1.165, 1.54) is 0 Å². The van der Waals surface area contributed by atoms with Gasteiger partial charge in [0.05, 0.1) is 10.5 Å². The van der Waals surface area contributed by atoms with Gasteiger partial charge in [0.25, 0.3) is 5.56 Å². The number of hydrogen-bond acceptors (Lipinski definition) is 4. The molecule has 2 aromatic carbocycles. The number of para-hydroxylation sites is 1. The second kappa shape index (κ2) is 9.97. The molecule has 0 radical (unpaired) electrons. The molecule has 0 spiro atoms. The topological polar surface area (TPSA) is 68.3 Å². The van der Waals surface area contributed by atoms with Crippen molar-refractivity contribution in [2.45, 2.75) is 65.8 Å². The summed E-state index contributed by atoms with van der Waals surface area (Å²) in [6.45, 7) is 8.33. The van der Waals surface area contributed by atoms with Gasteiger partial charge in [-0.25, -0.2) is 0 Å². The number of benzene rings is 2. The van der Waals surface area contributed by atoms with E-state index in [4.69, 9.17) is 16.1 Å². The Balaban J connectivity index is 1.45. The number of carbonyl (C=O) groups is 1. The molecule has 5 rings (SSSR count). The van der Waals surface area contributed by atoms with Gasteiger partial charge >= 0.3 is 0 Å². The zero-order valence-electron chi connectivity index (χ0n) is 22.0. The number of carbonyl (C=O) groups excluding carboxylic acids is 1. The van der Waals surface area contributed by atoms with Crippen LogP contribution in [0.3, 0.4) is 0 Å². The van der Waals surface area contributed by atoms with E-state index in [-0.39, 0.29) is 17.5 Å². The molecule has 0 saturated heterocycles. The maximum absolute atomic E-state index is 13.8. The molecule has 0 aliphatic heterocycles. The lowest BCUT2D eigenvalue weighted by molar-refractivity contribution is -0.125. The largest absolute Gasteiger partial charge is 0.360 e. The van der Waals surface area contributed by atoms with Crippen LogP contribution in [0, 0.1) is 18.3 Å². The van der Waals surface area contributed by atoms with Crippen molar-refractivity contribution >= 4 is 45.0 Å². The summed E-state index contributed by atoms with van der Waals surface area (Å²) in [7, 11) is 0. The summed E-state index contributed by atoms with van der Waals surface area (Å²) < 4.78 is 7.35. The predicted octanol–water partition coefficient (Wildman–Crippen LogP) is 7.31. The first kappa shape index (κ1) is 25.5. The fraction of sp³-hybridized carbons (Fsp3) is 0.433. The summed E-state index contributed by atoms with van der Waals surface area (Å²) >= 11 is 6.61. The number of rotatable bonds is 5. The number of hydrogen-bond donors (Lipinski definition) is 0. The maximum atomic E-state index is 13.8. The number of pyridine rings is 1. The van der Waals surface area contributed by atoms with Gasteiger partial charge in [0.15, 0.2) is 0 Å². The van der Waals surface area contributed by atoms with E-state index in [0.29, 0.717) is 34.1 Å². The summed E-state index contributed by atoms with van der Waals surface area (Å²) in [5.74, 6) is 1.04. The molecule has 2 aromatic heterocycles. The number of amides is 1. The number of anilines is 1. The van der Waals surface area contributed by atoms with E-state index in [2.05, 4.69) is 5.16 Å². The molecule has 1 saturated carbocycles. The predicted molar refractivity (Wildman–Crippen MR) is 149 cm³/mol. The number of aromatic nitrogens is 2. The highest BCUT2D eigenvalue weighted by molar-refractivity contribution is 6.37. The molecule has 0 bridgehead atoms. The number of fused-ring (bicyclic) bond motifs is 3. The standard InChI is InChI=1S/C30H34ClN3O3/c1-19-25-27(32-37-19)26-23(31)14-9-15-24(26)34(28(25)35)22-13-8-10-20(18-22)16-17-33(29(36)30(2,3)4)21-11-6-5-7-12-21/h5-7,9,11-12,14-15,20,22H,8,10,13,16-18H2,1-4H3. The first-order valence-electron chi connectivity index (χ1n) is 13.1. The van der Waals surface area contributed by atoms with Crippen LogP contribution in [-0.2, 0) is 4.79 Å². The maximum Gasteiger partial charge on any atom is 0.264 e. The molecule has 194 valence electrons. The van der Waals surface area contributed by atoms with Gasteiger partial charge in [-0.2, -0.15) is 0 Å². The molecule has 1 aliphatic rings. The molecule has 0 N–H and O–H groups in total. The molecule has 1 aliphatic carbocycles. The lowest BCUT2D eigenvalue weighted by Gasteiger charge is -2.34. The lowest BCUT2D eigenvalue weighted by atomic mass is 9.83. The average molecular weight is 520 g/mol. The van der Waals surface area contributed by atoms with Crippen LogP contribution in [0.1, 0.15) is 64.7 Å². The van der Waals surface area contributed by atoms with Gasteiger partial charge in [-0.15, -0.1) is 0 Å². The Morgan fingerprint density at radius 2 is 1.86 bits per heavy atom. The molecular weight excluding hydrogens is 486 g/mol. The highest BCUT2D eigenvalue weighted by atomic mass is 35.5. The molecule has 1 fully saturated rings. The van der Waals surface area contributed by atoms with Crippen molar-refractivity contribution in [2.24, 2.45) is 11.3 Å². The zero-order valence-corrected chi connectivity index (χ0v) is 22.7. The third kappa shape index (κ3) is 4.79. The van der Waals surface area contributed by atoms with Crippen LogP contribution in [-0.4, -0.2) is 22.2 Å². The molecule has 6 nitrogen and oxygen atoms in total. The highest BCUT2D eigenvalue weighted by Gasteiger charge is 2.31. The van der Waals surface area contributed by atoms with E-state index >= 15 is 0 Å². The second-order valence-electron chi connectivity index (χ2n) is 11.3. The molecule has 2 unspecified atom stereocenters.